The summed E-state index contributed by atoms with van der Waals surface area (Å²) in [5, 5.41) is 12.9. The van der Waals surface area contributed by atoms with Crippen molar-refractivity contribution < 1.29 is 24.2 Å². The topological polar surface area (TPSA) is 104 Å². The number of nitrogens with zero attached hydrogens (tertiary/aromatic N) is 3. The average molecular weight is 567 g/mol. The van der Waals surface area contributed by atoms with Gasteiger partial charge >= 0.3 is 12.1 Å². The van der Waals surface area contributed by atoms with E-state index in [1.54, 1.807) is 25.2 Å². The van der Waals surface area contributed by atoms with E-state index >= 15 is 0 Å². The van der Waals surface area contributed by atoms with E-state index in [1.807, 2.05) is 24.3 Å². The first kappa shape index (κ1) is 29.2. The van der Waals surface area contributed by atoms with Gasteiger partial charge in [-0.25, -0.2) is 9.78 Å². The number of para-hydroxylation sites is 1. The second-order valence-electron chi connectivity index (χ2n) is 10.0. The first-order chi connectivity index (χ1) is 19.3. The van der Waals surface area contributed by atoms with Gasteiger partial charge in [-0.1, -0.05) is 24.3 Å². The quantitative estimate of drug-likeness (QED) is 0.314. The number of aromatic nitrogens is 1. The smallest absolute Gasteiger partial charge is 0.407 e. The number of hydrogen-bond acceptors (Lipinski definition) is 8. The molecular weight excluding hydrogens is 528 g/mol. The van der Waals surface area contributed by atoms with E-state index in [4.69, 9.17) is 19.6 Å². The number of piperazine rings is 1. The summed E-state index contributed by atoms with van der Waals surface area (Å²) >= 11 is 1.73. The summed E-state index contributed by atoms with van der Waals surface area (Å²) in [6.45, 7) is 10.2. The van der Waals surface area contributed by atoms with Crippen molar-refractivity contribution in [3.05, 3.63) is 70.2 Å². The van der Waals surface area contributed by atoms with E-state index in [1.165, 1.54) is 10.6 Å². The van der Waals surface area contributed by atoms with Crippen LogP contribution in [-0.4, -0.2) is 61.0 Å². The number of carbonyl (C=O) groups is 2. The highest BCUT2D eigenvalue weighted by molar-refractivity contribution is 7.15. The lowest BCUT2D eigenvalue weighted by molar-refractivity contribution is -0.136. The fourth-order valence-corrected chi connectivity index (χ4v) is 5.61. The molecule has 1 amide bonds. The zero-order valence-electron chi connectivity index (χ0n) is 23.4. The second-order valence-corrected chi connectivity index (χ2v) is 11.2. The van der Waals surface area contributed by atoms with Crippen LogP contribution in [0, 0.1) is 6.92 Å². The molecular formula is C30H38N4O5S. The molecule has 0 unspecified atom stereocenters. The first-order valence-corrected chi connectivity index (χ1v) is 14.5. The maximum absolute atomic E-state index is 12.0. The molecule has 1 fully saturated rings. The molecule has 0 atom stereocenters. The van der Waals surface area contributed by atoms with Gasteiger partial charge in [-0.2, -0.15) is 0 Å². The number of aliphatic carboxylic acids is 1. The summed E-state index contributed by atoms with van der Waals surface area (Å²) in [5.74, 6) is -0.201. The Bertz CT molecular complexity index is 1270. The molecule has 0 bridgehead atoms. The van der Waals surface area contributed by atoms with Crippen molar-refractivity contribution in [1.82, 2.24) is 10.3 Å². The molecule has 40 heavy (non-hydrogen) atoms. The normalized spacial score (nSPS) is 13.4. The molecule has 10 heteroatoms. The number of aryl methyl sites for hydroxylation is 2. The Kier molecular flexibility index (Phi) is 10.2. The van der Waals surface area contributed by atoms with Crippen molar-refractivity contribution in [3.63, 3.8) is 0 Å². The number of amides is 1. The molecule has 0 radical (unpaired) electrons. The second kappa shape index (κ2) is 14.0. The third kappa shape index (κ3) is 8.35. The lowest BCUT2D eigenvalue weighted by Gasteiger charge is -2.36. The number of hydrogen-bond donors (Lipinski definition) is 2. The summed E-state index contributed by atoms with van der Waals surface area (Å²) in [6.07, 6.45) is 0.320. The van der Waals surface area contributed by atoms with Crippen molar-refractivity contribution in [2.75, 3.05) is 42.6 Å². The molecule has 1 saturated heterocycles. The van der Waals surface area contributed by atoms with Crippen LogP contribution in [-0.2, 0) is 28.9 Å². The number of ether oxygens (including phenoxy) is 2. The zero-order valence-corrected chi connectivity index (χ0v) is 24.2. The molecule has 0 saturated carbocycles. The monoisotopic (exact) mass is 566 g/mol. The number of carboxylic acid groups (broad SMARTS) is 1. The molecule has 9 nitrogen and oxygen atoms in total. The summed E-state index contributed by atoms with van der Waals surface area (Å²) in [7, 11) is 0. The molecule has 2 aromatic carbocycles. The molecule has 1 aromatic heterocycles. The Hall–Kier alpha value is -3.79. The Balaban J connectivity index is 1.32. The van der Waals surface area contributed by atoms with Crippen LogP contribution in [0.3, 0.4) is 0 Å². The van der Waals surface area contributed by atoms with Crippen molar-refractivity contribution in [3.8, 4) is 5.75 Å². The van der Waals surface area contributed by atoms with E-state index < -0.39 is 12.1 Å². The first-order valence-electron chi connectivity index (χ1n) is 13.7. The Morgan fingerprint density at radius 1 is 1.02 bits per heavy atom. The number of anilines is 2. The van der Waals surface area contributed by atoms with Gasteiger partial charge in [0.2, 0.25) is 0 Å². The van der Waals surface area contributed by atoms with Crippen LogP contribution in [0.2, 0.25) is 0 Å². The standard InChI is InChI=1S/C30H38N4O5S/c1-21(2)39-30(37)31-20-24-19-26(11-9-23(24)10-12-28(35)36)38-18-13-27-22(3)40-29(32-27)34-16-14-33(15-17-34)25-7-5-4-6-8-25/h4-9,11,19,21H,10,12-18,20H2,1-3H3,(H,31,37)(H,35,36). The zero-order chi connectivity index (χ0) is 28.5. The molecule has 214 valence electrons. The molecule has 4 rings (SSSR count). The Labute approximate surface area is 239 Å². The number of alkyl carbamates (subject to hydrolysis) is 1. The van der Waals surface area contributed by atoms with E-state index in [0.29, 0.717) is 25.2 Å². The number of thiazole rings is 1. The fraction of sp³-hybridized carbons (Fsp3) is 0.433. The van der Waals surface area contributed by atoms with E-state index in [0.717, 1.165) is 48.1 Å². The molecule has 0 aliphatic carbocycles. The van der Waals surface area contributed by atoms with Crippen LogP contribution in [0.25, 0.3) is 0 Å². The van der Waals surface area contributed by atoms with Gasteiger partial charge in [-0.05, 0) is 62.6 Å². The number of carboxylic acids is 1. The summed E-state index contributed by atoms with van der Waals surface area (Å²) in [6, 6.07) is 16.1. The molecule has 1 aliphatic heterocycles. The Morgan fingerprint density at radius 2 is 1.75 bits per heavy atom. The van der Waals surface area contributed by atoms with Crippen molar-refractivity contribution in [1.29, 1.82) is 0 Å². The lowest BCUT2D eigenvalue weighted by atomic mass is 10.0. The SMILES string of the molecule is Cc1sc(N2CCN(c3ccccc3)CC2)nc1CCOc1ccc(CCC(=O)O)c(CNC(=O)OC(C)C)c1. The largest absolute Gasteiger partial charge is 0.493 e. The van der Waals surface area contributed by atoms with Crippen LogP contribution in [0.5, 0.6) is 5.75 Å². The predicted octanol–water partition coefficient (Wildman–Crippen LogP) is 5.05. The Morgan fingerprint density at radius 3 is 2.45 bits per heavy atom. The summed E-state index contributed by atoms with van der Waals surface area (Å²) < 4.78 is 11.2. The molecule has 2 N–H and O–H groups in total. The van der Waals surface area contributed by atoms with Gasteiger partial charge in [-0.3, -0.25) is 4.79 Å². The highest BCUT2D eigenvalue weighted by atomic mass is 32.1. The van der Waals surface area contributed by atoms with Gasteiger partial charge in [-0.15, -0.1) is 11.3 Å². The van der Waals surface area contributed by atoms with Crippen LogP contribution in [0.15, 0.2) is 48.5 Å². The van der Waals surface area contributed by atoms with Crippen LogP contribution in [0.4, 0.5) is 15.6 Å². The molecule has 1 aliphatic rings. The van der Waals surface area contributed by atoms with E-state index in [9.17, 15) is 9.59 Å². The number of carbonyl (C=O) groups excluding carboxylic acids is 1. The van der Waals surface area contributed by atoms with Gasteiger partial charge < -0.3 is 29.7 Å². The lowest BCUT2D eigenvalue weighted by Crippen LogP contribution is -2.46. The number of nitrogens with one attached hydrogen (secondary N) is 1. The highest BCUT2D eigenvalue weighted by Crippen LogP contribution is 2.28. The molecule has 0 spiro atoms. The van der Waals surface area contributed by atoms with Gasteiger partial charge in [0.25, 0.3) is 0 Å². The number of benzene rings is 2. The maximum atomic E-state index is 12.0. The minimum atomic E-state index is -0.866. The molecule has 2 heterocycles. The van der Waals surface area contributed by atoms with Crippen LogP contribution >= 0.6 is 11.3 Å². The van der Waals surface area contributed by atoms with Gasteiger partial charge in [0.1, 0.15) is 5.75 Å². The minimum Gasteiger partial charge on any atom is -0.493 e. The summed E-state index contributed by atoms with van der Waals surface area (Å²) in [5.41, 5.74) is 3.97. The molecule has 3 aromatic rings. The van der Waals surface area contributed by atoms with Crippen LogP contribution in [0.1, 0.15) is 42.0 Å². The van der Waals surface area contributed by atoms with E-state index in [-0.39, 0.29) is 19.1 Å². The van der Waals surface area contributed by atoms with Gasteiger partial charge in [0, 0.05) is 56.1 Å². The van der Waals surface area contributed by atoms with Crippen molar-refractivity contribution >= 4 is 34.2 Å². The number of rotatable bonds is 12. The van der Waals surface area contributed by atoms with E-state index in [2.05, 4.69) is 46.3 Å². The fourth-order valence-electron chi connectivity index (χ4n) is 4.61. The van der Waals surface area contributed by atoms with Crippen molar-refractivity contribution in [2.45, 2.75) is 52.7 Å². The maximum Gasteiger partial charge on any atom is 0.407 e. The predicted molar refractivity (Wildman–Crippen MR) is 158 cm³/mol. The van der Waals surface area contributed by atoms with Crippen molar-refractivity contribution in [2.24, 2.45) is 0 Å². The average Bonchev–Trinajstić information content (AvgIpc) is 3.31. The van der Waals surface area contributed by atoms with Crippen LogP contribution < -0.4 is 19.9 Å². The summed E-state index contributed by atoms with van der Waals surface area (Å²) in [4.78, 5) is 34.0. The third-order valence-electron chi connectivity index (χ3n) is 6.71. The highest BCUT2D eigenvalue weighted by Gasteiger charge is 2.21. The minimum absolute atomic E-state index is 0.0103. The van der Waals surface area contributed by atoms with Gasteiger partial charge in [0.15, 0.2) is 5.13 Å². The van der Waals surface area contributed by atoms with Gasteiger partial charge in [0.05, 0.1) is 18.4 Å². The third-order valence-corrected chi connectivity index (χ3v) is 7.79.